The Morgan fingerprint density at radius 3 is 2.81 bits per heavy atom. The van der Waals surface area contributed by atoms with Gasteiger partial charge in [-0.05, 0) is 37.0 Å². The van der Waals surface area contributed by atoms with E-state index in [1.807, 2.05) is 0 Å². The van der Waals surface area contributed by atoms with Gasteiger partial charge < -0.3 is 4.74 Å². The van der Waals surface area contributed by atoms with Gasteiger partial charge in [0.25, 0.3) is 0 Å². The summed E-state index contributed by atoms with van der Waals surface area (Å²) in [6, 6.07) is 3.76. The van der Waals surface area contributed by atoms with Crippen molar-refractivity contribution in [3.05, 3.63) is 35.4 Å². The summed E-state index contributed by atoms with van der Waals surface area (Å²) in [6.45, 7) is 2.09. The standard InChI is InChI=1S/C12H12F2O2/c1-2-16-12(15)9-6-8(9)7-3-4-10(13)11(14)5-7/h3-5,8-9H,2,6H2,1H3. The van der Waals surface area contributed by atoms with Gasteiger partial charge >= 0.3 is 5.97 Å². The molecule has 0 N–H and O–H groups in total. The van der Waals surface area contributed by atoms with Crippen molar-refractivity contribution >= 4 is 5.97 Å². The van der Waals surface area contributed by atoms with E-state index in [0.717, 1.165) is 12.1 Å². The highest BCUT2D eigenvalue weighted by Crippen LogP contribution is 2.48. The molecule has 2 atom stereocenters. The third kappa shape index (κ3) is 2.05. The molecule has 1 aliphatic carbocycles. The van der Waals surface area contributed by atoms with E-state index in [1.165, 1.54) is 6.07 Å². The number of hydrogen-bond donors (Lipinski definition) is 0. The molecule has 0 aromatic heterocycles. The summed E-state index contributed by atoms with van der Waals surface area (Å²) in [5, 5.41) is 0. The molecule has 1 aliphatic rings. The fraction of sp³-hybridized carbons (Fsp3) is 0.417. The Kier molecular flexibility index (Phi) is 2.90. The first-order valence-electron chi connectivity index (χ1n) is 5.25. The topological polar surface area (TPSA) is 26.3 Å². The number of carbonyl (C=O) groups is 1. The quantitative estimate of drug-likeness (QED) is 0.740. The molecular formula is C12H12F2O2. The number of benzene rings is 1. The van der Waals surface area contributed by atoms with Crippen molar-refractivity contribution in [2.45, 2.75) is 19.3 Å². The number of rotatable bonds is 3. The number of esters is 1. The molecule has 4 heteroatoms. The summed E-state index contributed by atoms with van der Waals surface area (Å²) in [5.41, 5.74) is 0.664. The summed E-state index contributed by atoms with van der Waals surface area (Å²) in [6.07, 6.45) is 0.657. The van der Waals surface area contributed by atoms with E-state index in [9.17, 15) is 13.6 Å². The van der Waals surface area contributed by atoms with E-state index in [-0.39, 0.29) is 17.8 Å². The van der Waals surface area contributed by atoms with E-state index in [4.69, 9.17) is 4.74 Å². The van der Waals surface area contributed by atoms with Crippen LogP contribution in [-0.2, 0) is 9.53 Å². The first-order chi connectivity index (χ1) is 7.63. The van der Waals surface area contributed by atoms with Crippen LogP contribution in [-0.4, -0.2) is 12.6 Å². The third-order valence-corrected chi connectivity index (χ3v) is 2.75. The molecule has 86 valence electrons. The minimum absolute atomic E-state index is 0.0193. The number of hydrogen-bond acceptors (Lipinski definition) is 2. The highest BCUT2D eigenvalue weighted by atomic mass is 19.2. The fourth-order valence-corrected chi connectivity index (χ4v) is 1.82. The number of halogens is 2. The maximum Gasteiger partial charge on any atom is 0.309 e. The lowest BCUT2D eigenvalue weighted by molar-refractivity contribution is -0.144. The smallest absolute Gasteiger partial charge is 0.309 e. The van der Waals surface area contributed by atoms with Crippen molar-refractivity contribution in [1.29, 1.82) is 0 Å². The lowest BCUT2D eigenvalue weighted by Gasteiger charge is -2.02. The van der Waals surface area contributed by atoms with Gasteiger partial charge in [-0.1, -0.05) is 6.07 Å². The van der Waals surface area contributed by atoms with Crippen molar-refractivity contribution in [1.82, 2.24) is 0 Å². The van der Waals surface area contributed by atoms with E-state index in [0.29, 0.717) is 18.6 Å². The Labute approximate surface area is 92.2 Å². The molecule has 0 saturated heterocycles. The Morgan fingerprint density at radius 2 is 2.19 bits per heavy atom. The van der Waals surface area contributed by atoms with Gasteiger partial charge in [-0.2, -0.15) is 0 Å². The maximum atomic E-state index is 13.0. The third-order valence-electron chi connectivity index (χ3n) is 2.75. The predicted octanol–water partition coefficient (Wildman–Crippen LogP) is 2.63. The van der Waals surface area contributed by atoms with Gasteiger partial charge in [-0.15, -0.1) is 0 Å². The minimum Gasteiger partial charge on any atom is -0.466 e. The molecule has 1 fully saturated rings. The van der Waals surface area contributed by atoms with Crippen LogP contribution in [0.25, 0.3) is 0 Å². The average molecular weight is 226 g/mol. The lowest BCUT2D eigenvalue weighted by atomic mass is 10.1. The normalized spacial score (nSPS) is 22.9. The van der Waals surface area contributed by atoms with Crippen molar-refractivity contribution in [3.63, 3.8) is 0 Å². The van der Waals surface area contributed by atoms with Gasteiger partial charge in [-0.25, -0.2) is 8.78 Å². The largest absolute Gasteiger partial charge is 0.466 e. The zero-order valence-corrected chi connectivity index (χ0v) is 8.87. The van der Waals surface area contributed by atoms with Gasteiger partial charge in [0, 0.05) is 0 Å². The van der Waals surface area contributed by atoms with E-state index in [2.05, 4.69) is 0 Å². The zero-order chi connectivity index (χ0) is 11.7. The summed E-state index contributed by atoms with van der Waals surface area (Å²) in [5.74, 6) is -2.19. The van der Waals surface area contributed by atoms with Gasteiger partial charge in [0.15, 0.2) is 11.6 Å². The Morgan fingerprint density at radius 1 is 1.44 bits per heavy atom. The Hall–Kier alpha value is -1.45. The van der Waals surface area contributed by atoms with Crippen LogP contribution in [0, 0.1) is 17.6 Å². The minimum atomic E-state index is -0.869. The Bertz CT molecular complexity index is 417. The van der Waals surface area contributed by atoms with Gasteiger partial charge in [0.1, 0.15) is 0 Å². The van der Waals surface area contributed by atoms with Crippen molar-refractivity contribution in [3.8, 4) is 0 Å². The van der Waals surface area contributed by atoms with Crippen LogP contribution in [0.2, 0.25) is 0 Å². The molecule has 0 spiro atoms. The second-order valence-electron chi connectivity index (χ2n) is 3.87. The predicted molar refractivity (Wildman–Crippen MR) is 53.8 cm³/mol. The molecule has 1 aromatic rings. The Balaban J connectivity index is 2.06. The van der Waals surface area contributed by atoms with Crippen LogP contribution in [0.15, 0.2) is 18.2 Å². The average Bonchev–Trinajstić information content (AvgIpc) is 3.02. The van der Waals surface area contributed by atoms with Crippen molar-refractivity contribution in [2.24, 2.45) is 5.92 Å². The van der Waals surface area contributed by atoms with Crippen LogP contribution in [0.5, 0.6) is 0 Å². The van der Waals surface area contributed by atoms with Crippen LogP contribution in [0.1, 0.15) is 24.8 Å². The highest BCUT2D eigenvalue weighted by molar-refractivity contribution is 5.77. The van der Waals surface area contributed by atoms with E-state index in [1.54, 1.807) is 6.92 Å². The molecule has 2 nitrogen and oxygen atoms in total. The molecule has 0 heterocycles. The van der Waals surface area contributed by atoms with Crippen LogP contribution in [0.4, 0.5) is 8.78 Å². The van der Waals surface area contributed by atoms with Crippen molar-refractivity contribution < 1.29 is 18.3 Å². The maximum absolute atomic E-state index is 13.0. The summed E-state index contributed by atoms with van der Waals surface area (Å²) in [4.78, 5) is 11.4. The summed E-state index contributed by atoms with van der Waals surface area (Å²) in [7, 11) is 0. The molecular weight excluding hydrogens is 214 g/mol. The van der Waals surface area contributed by atoms with Gasteiger partial charge in [0.05, 0.1) is 12.5 Å². The molecule has 1 saturated carbocycles. The SMILES string of the molecule is CCOC(=O)C1CC1c1ccc(F)c(F)c1. The first-order valence-corrected chi connectivity index (χ1v) is 5.25. The molecule has 0 amide bonds. The number of ether oxygens (including phenoxy) is 1. The van der Waals surface area contributed by atoms with Crippen molar-refractivity contribution in [2.75, 3.05) is 6.61 Å². The molecule has 1 aromatic carbocycles. The van der Waals surface area contributed by atoms with Gasteiger partial charge in [-0.3, -0.25) is 4.79 Å². The lowest BCUT2D eigenvalue weighted by Crippen LogP contribution is -2.07. The zero-order valence-electron chi connectivity index (χ0n) is 8.87. The molecule has 0 bridgehead atoms. The monoisotopic (exact) mass is 226 g/mol. The number of carbonyl (C=O) groups excluding carboxylic acids is 1. The van der Waals surface area contributed by atoms with E-state index >= 15 is 0 Å². The summed E-state index contributed by atoms with van der Waals surface area (Å²) < 4.78 is 30.5. The molecule has 0 radical (unpaired) electrons. The van der Waals surface area contributed by atoms with Gasteiger partial charge in [0.2, 0.25) is 0 Å². The van der Waals surface area contributed by atoms with Crippen LogP contribution in [0.3, 0.4) is 0 Å². The molecule has 0 aliphatic heterocycles. The van der Waals surface area contributed by atoms with Crippen LogP contribution < -0.4 is 0 Å². The van der Waals surface area contributed by atoms with E-state index < -0.39 is 11.6 Å². The fourth-order valence-electron chi connectivity index (χ4n) is 1.82. The van der Waals surface area contributed by atoms with Crippen LogP contribution >= 0.6 is 0 Å². The molecule has 2 unspecified atom stereocenters. The second-order valence-corrected chi connectivity index (χ2v) is 3.87. The molecule has 2 rings (SSSR count). The summed E-state index contributed by atoms with van der Waals surface area (Å²) >= 11 is 0. The highest BCUT2D eigenvalue weighted by Gasteiger charge is 2.45. The molecule has 16 heavy (non-hydrogen) atoms. The first kappa shape index (κ1) is 11.0. The second kappa shape index (κ2) is 4.20.